The number of pyridine rings is 1. The first-order valence-electron chi connectivity index (χ1n) is 4.99. The van der Waals surface area contributed by atoms with E-state index in [1.165, 1.54) is 0 Å². The molecular weight excluding hydrogens is 256 g/mol. The molecule has 3 nitrogen and oxygen atoms in total. The summed E-state index contributed by atoms with van der Waals surface area (Å²) in [6.07, 6.45) is 1.73. The topological polar surface area (TPSA) is 45.1 Å². The van der Waals surface area contributed by atoms with Gasteiger partial charge in [0.25, 0.3) is 0 Å². The highest BCUT2D eigenvalue weighted by Crippen LogP contribution is 2.17. The molecule has 2 N–H and O–H groups in total. The van der Waals surface area contributed by atoms with Gasteiger partial charge in [0, 0.05) is 17.2 Å². The van der Waals surface area contributed by atoms with Crippen molar-refractivity contribution in [1.82, 2.24) is 4.98 Å². The van der Waals surface area contributed by atoms with Crippen LogP contribution in [0.2, 0.25) is 0 Å². The van der Waals surface area contributed by atoms with Crippen molar-refractivity contribution in [2.45, 2.75) is 26.4 Å². The van der Waals surface area contributed by atoms with Gasteiger partial charge in [-0.05, 0) is 40.9 Å². The third-order valence-corrected chi connectivity index (χ3v) is 3.07. The minimum absolute atomic E-state index is 0.209. The first-order chi connectivity index (χ1) is 6.92. The fraction of sp³-hybridized carbons (Fsp3) is 0.545. The summed E-state index contributed by atoms with van der Waals surface area (Å²) >= 11 is 3.32. The van der Waals surface area contributed by atoms with Crippen LogP contribution >= 0.6 is 15.9 Å². The van der Waals surface area contributed by atoms with Gasteiger partial charge < -0.3 is 10.4 Å². The molecule has 0 saturated carbocycles. The molecule has 1 aromatic rings. The zero-order valence-corrected chi connectivity index (χ0v) is 10.9. The summed E-state index contributed by atoms with van der Waals surface area (Å²) in [5, 5.41) is 13.1. The number of rotatable bonds is 4. The van der Waals surface area contributed by atoms with Crippen molar-refractivity contribution in [2.24, 2.45) is 5.92 Å². The number of hydrogen-bond donors (Lipinski definition) is 2. The number of aromatic nitrogens is 1. The monoisotopic (exact) mass is 272 g/mol. The SMILES string of the molecule is CC(C)C(C)(O)CNc1ccc(Br)cn1. The molecule has 1 aromatic heterocycles. The predicted molar refractivity (Wildman–Crippen MR) is 65.9 cm³/mol. The summed E-state index contributed by atoms with van der Waals surface area (Å²) in [5.41, 5.74) is -0.714. The molecule has 0 spiro atoms. The van der Waals surface area contributed by atoms with Crippen LogP contribution in [0.15, 0.2) is 22.8 Å². The average molecular weight is 273 g/mol. The van der Waals surface area contributed by atoms with E-state index in [1.807, 2.05) is 32.9 Å². The van der Waals surface area contributed by atoms with Crippen molar-refractivity contribution in [3.05, 3.63) is 22.8 Å². The van der Waals surface area contributed by atoms with Gasteiger partial charge in [-0.3, -0.25) is 0 Å². The van der Waals surface area contributed by atoms with E-state index in [0.717, 1.165) is 10.3 Å². The van der Waals surface area contributed by atoms with Crippen molar-refractivity contribution in [1.29, 1.82) is 0 Å². The summed E-state index contributed by atoms with van der Waals surface area (Å²) in [5.74, 6) is 0.986. The Labute approximate surface area is 99.1 Å². The summed E-state index contributed by atoms with van der Waals surface area (Å²) < 4.78 is 0.948. The fourth-order valence-corrected chi connectivity index (χ4v) is 1.19. The lowest BCUT2D eigenvalue weighted by Crippen LogP contribution is -2.38. The number of aliphatic hydroxyl groups is 1. The number of nitrogens with one attached hydrogen (secondary N) is 1. The quantitative estimate of drug-likeness (QED) is 0.886. The lowest BCUT2D eigenvalue weighted by Gasteiger charge is -2.28. The zero-order chi connectivity index (χ0) is 11.5. The van der Waals surface area contributed by atoms with E-state index >= 15 is 0 Å². The van der Waals surface area contributed by atoms with Crippen molar-refractivity contribution in [3.8, 4) is 0 Å². The number of hydrogen-bond acceptors (Lipinski definition) is 3. The maximum absolute atomic E-state index is 10.0. The van der Waals surface area contributed by atoms with Gasteiger partial charge in [0.15, 0.2) is 0 Å². The summed E-state index contributed by atoms with van der Waals surface area (Å²) in [7, 11) is 0. The molecule has 4 heteroatoms. The lowest BCUT2D eigenvalue weighted by molar-refractivity contribution is 0.0265. The molecule has 1 unspecified atom stereocenters. The molecule has 0 saturated heterocycles. The van der Waals surface area contributed by atoms with Crippen LogP contribution in [-0.4, -0.2) is 22.2 Å². The summed E-state index contributed by atoms with van der Waals surface area (Å²) in [6.45, 7) is 6.32. The molecular formula is C11H17BrN2O. The second-order valence-electron chi connectivity index (χ2n) is 4.23. The standard InChI is InChI=1S/C11H17BrN2O/c1-8(2)11(3,15)7-14-10-5-4-9(12)6-13-10/h4-6,8,15H,7H2,1-3H3,(H,13,14). The number of nitrogens with zero attached hydrogens (tertiary/aromatic N) is 1. The maximum Gasteiger partial charge on any atom is 0.126 e. The molecule has 1 atom stereocenters. The van der Waals surface area contributed by atoms with E-state index in [1.54, 1.807) is 6.20 Å². The molecule has 0 radical (unpaired) electrons. The van der Waals surface area contributed by atoms with Gasteiger partial charge in [0.1, 0.15) is 5.82 Å². The van der Waals surface area contributed by atoms with E-state index in [0.29, 0.717) is 6.54 Å². The average Bonchev–Trinajstić information content (AvgIpc) is 2.17. The summed E-state index contributed by atoms with van der Waals surface area (Å²) in [4.78, 5) is 4.17. The Morgan fingerprint density at radius 1 is 1.53 bits per heavy atom. The van der Waals surface area contributed by atoms with Crippen LogP contribution in [0.1, 0.15) is 20.8 Å². The minimum atomic E-state index is -0.714. The zero-order valence-electron chi connectivity index (χ0n) is 9.29. The molecule has 15 heavy (non-hydrogen) atoms. The molecule has 0 aliphatic rings. The van der Waals surface area contributed by atoms with Crippen LogP contribution < -0.4 is 5.32 Å². The van der Waals surface area contributed by atoms with Crippen LogP contribution in [0.4, 0.5) is 5.82 Å². The van der Waals surface area contributed by atoms with E-state index in [4.69, 9.17) is 0 Å². The normalized spacial score (nSPS) is 15.1. The molecule has 0 amide bonds. The molecule has 0 aliphatic carbocycles. The third kappa shape index (κ3) is 3.80. The van der Waals surface area contributed by atoms with E-state index in [9.17, 15) is 5.11 Å². The third-order valence-electron chi connectivity index (χ3n) is 2.60. The Balaban J connectivity index is 2.54. The fourth-order valence-electron chi connectivity index (χ4n) is 0.954. The molecule has 0 fully saturated rings. The molecule has 0 aromatic carbocycles. The van der Waals surface area contributed by atoms with Gasteiger partial charge in [0.05, 0.1) is 5.60 Å². The highest BCUT2D eigenvalue weighted by molar-refractivity contribution is 9.10. The van der Waals surface area contributed by atoms with E-state index in [-0.39, 0.29) is 5.92 Å². The van der Waals surface area contributed by atoms with Crippen molar-refractivity contribution in [3.63, 3.8) is 0 Å². The Kier molecular flexibility index (Phi) is 4.11. The highest BCUT2D eigenvalue weighted by atomic mass is 79.9. The van der Waals surface area contributed by atoms with Gasteiger partial charge in [-0.2, -0.15) is 0 Å². The maximum atomic E-state index is 10.0. The first kappa shape index (κ1) is 12.5. The number of anilines is 1. The van der Waals surface area contributed by atoms with Crippen LogP contribution in [0.25, 0.3) is 0 Å². The smallest absolute Gasteiger partial charge is 0.126 e. The van der Waals surface area contributed by atoms with Gasteiger partial charge in [-0.15, -0.1) is 0 Å². The summed E-state index contributed by atoms with van der Waals surface area (Å²) in [6, 6.07) is 3.79. The van der Waals surface area contributed by atoms with Gasteiger partial charge in [0.2, 0.25) is 0 Å². The van der Waals surface area contributed by atoms with E-state index < -0.39 is 5.60 Å². The van der Waals surface area contributed by atoms with Crippen molar-refractivity contribution >= 4 is 21.7 Å². The van der Waals surface area contributed by atoms with E-state index in [2.05, 4.69) is 26.2 Å². The predicted octanol–water partition coefficient (Wildman–Crippen LogP) is 2.66. The minimum Gasteiger partial charge on any atom is -0.388 e. The van der Waals surface area contributed by atoms with Crippen molar-refractivity contribution < 1.29 is 5.11 Å². The van der Waals surface area contributed by atoms with Crippen LogP contribution in [0.3, 0.4) is 0 Å². The number of halogens is 1. The van der Waals surface area contributed by atoms with Crippen LogP contribution in [0, 0.1) is 5.92 Å². The van der Waals surface area contributed by atoms with Crippen LogP contribution in [0.5, 0.6) is 0 Å². The van der Waals surface area contributed by atoms with Crippen LogP contribution in [-0.2, 0) is 0 Å². The Morgan fingerprint density at radius 3 is 2.67 bits per heavy atom. The molecule has 1 heterocycles. The second kappa shape index (κ2) is 4.94. The Bertz CT molecular complexity index is 309. The highest BCUT2D eigenvalue weighted by Gasteiger charge is 2.24. The molecule has 0 aliphatic heterocycles. The van der Waals surface area contributed by atoms with Gasteiger partial charge >= 0.3 is 0 Å². The molecule has 1 rings (SSSR count). The second-order valence-corrected chi connectivity index (χ2v) is 5.14. The van der Waals surface area contributed by atoms with Gasteiger partial charge in [-0.25, -0.2) is 4.98 Å². The lowest BCUT2D eigenvalue weighted by atomic mass is 9.93. The Hall–Kier alpha value is -0.610. The first-order valence-corrected chi connectivity index (χ1v) is 5.79. The molecule has 84 valence electrons. The largest absolute Gasteiger partial charge is 0.388 e. The van der Waals surface area contributed by atoms with Crippen molar-refractivity contribution in [2.75, 3.05) is 11.9 Å². The molecule has 0 bridgehead atoms. The van der Waals surface area contributed by atoms with Gasteiger partial charge in [-0.1, -0.05) is 13.8 Å². The Morgan fingerprint density at radius 2 is 2.20 bits per heavy atom.